The number of alkyl halides is 3. The number of nitrogens with one attached hydrogen (secondary N) is 2. The van der Waals surface area contributed by atoms with Crippen molar-refractivity contribution in [2.24, 2.45) is 5.92 Å². The predicted molar refractivity (Wildman–Crippen MR) is 122 cm³/mol. The van der Waals surface area contributed by atoms with Gasteiger partial charge in [-0.15, -0.1) is 0 Å². The van der Waals surface area contributed by atoms with Gasteiger partial charge in [-0.05, 0) is 35.1 Å². The molecule has 0 heterocycles. The molecule has 0 spiro atoms. The van der Waals surface area contributed by atoms with Crippen molar-refractivity contribution in [3.63, 3.8) is 0 Å². The SMILES string of the molecule is O=C(CCCCCNC(=O)OCC1c2ccccc2-c2ccccc21)NCC(C(=O)O)C(F)(F)F. The molecule has 7 nitrogen and oxygen atoms in total. The molecule has 10 heteroatoms. The van der Waals surface area contributed by atoms with E-state index in [2.05, 4.69) is 17.4 Å². The molecule has 0 saturated carbocycles. The summed E-state index contributed by atoms with van der Waals surface area (Å²) in [5.74, 6) is -5.35. The van der Waals surface area contributed by atoms with E-state index in [9.17, 15) is 27.6 Å². The highest BCUT2D eigenvalue weighted by molar-refractivity contribution is 5.79. The summed E-state index contributed by atoms with van der Waals surface area (Å²) < 4.78 is 43.2. The molecule has 2 aromatic carbocycles. The number of carbonyl (C=O) groups excluding carboxylic acids is 2. The van der Waals surface area contributed by atoms with Gasteiger partial charge in [0.05, 0.1) is 0 Å². The molecule has 3 rings (SSSR count). The Morgan fingerprint density at radius 2 is 1.51 bits per heavy atom. The maximum Gasteiger partial charge on any atom is 0.407 e. The van der Waals surface area contributed by atoms with Gasteiger partial charge >= 0.3 is 18.2 Å². The van der Waals surface area contributed by atoms with Gasteiger partial charge in [-0.3, -0.25) is 9.59 Å². The Morgan fingerprint density at radius 3 is 2.09 bits per heavy atom. The number of carboxylic acids is 1. The highest BCUT2D eigenvalue weighted by Crippen LogP contribution is 2.44. The molecule has 2 amide bonds. The average molecular weight is 492 g/mol. The lowest BCUT2D eigenvalue weighted by Gasteiger charge is -2.16. The van der Waals surface area contributed by atoms with Crippen LogP contribution in [0.5, 0.6) is 0 Å². The van der Waals surface area contributed by atoms with Gasteiger partial charge in [0.1, 0.15) is 6.61 Å². The lowest BCUT2D eigenvalue weighted by molar-refractivity contribution is -0.192. The van der Waals surface area contributed by atoms with Crippen molar-refractivity contribution < 1.29 is 37.4 Å². The number of hydrogen-bond donors (Lipinski definition) is 3. The fraction of sp³-hybridized carbons (Fsp3) is 0.400. The number of halogens is 3. The van der Waals surface area contributed by atoms with E-state index in [1.807, 2.05) is 41.7 Å². The Labute approximate surface area is 200 Å². The van der Waals surface area contributed by atoms with Gasteiger partial charge in [0, 0.05) is 25.4 Å². The Hall–Kier alpha value is -3.56. The van der Waals surface area contributed by atoms with Gasteiger partial charge in [0.2, 0.25) is 5.91 Å². The number of amides is 2. The lowest BCUT2D eigenvalue weighted by atomic mass is 9.98. The molecule has 1 atom stereocenters. The van der Waals surface area contributed by atoms with Crippen LogP contribution < -0.4 is 10.6 Å². The number of rotatable bonds is 11. The summed E-state index contributed by atoms with van der Waals surface area (Å²) in [6, 6.07) is 16.0. The summed E-state index contributed by atoms with van der Waals surface area (Å²) in [5.41, 5.74) is 4.51. The van der Waals surface area contributed by atoms with Crippen LogP contribution in [0.3, 0.4) is 0 Å². The predicted octanol–water partition coefficient (Wildman–Crippen LogP) is 4.46. The maximum atomic E-state index is 12.6. The molecule has 188 valence electrons. The van der Waals surface area contributed by atoms with Crippen LogP contribution in [0.25, 0.3) is 11.1 Å². The highest BCUT2D eigenvalue weighted by Gasteiger charge is 2.45. The molecular weight excluding hydrogens is 465 g/mol. The first-order chi connectivity index (χ1) is 16.7. The summed E-state index contributed by atoms with van der Waals surface area (Å²) in [7, 11) is 0. The Kier molecular flexibility index (Phi) is 8.73. The number of carboxylic acid groups (broad SMARTS) is 1. The molecule has 0 fully saturated rings. The quantitative estimate of drug-likeness (QED) is 0.402. The van der Waals surface area contributed by atoms with Crippen molar-refractivity contribution in [3.05, 3.63) is 59.7 Å². The first kappa shape index (κ1) is 26.1. The molecule has 1 aliphatic rings. The molecule has 2 aromatic rings. The third-order valence-electron chi connectivity index (χ3n) is 5.89. The summed E-state index contributed by atoms with van der Waals surface area (Å²) in [6.45, 7) is -0.468. The molecule has 0 radical (unpaired) electrons. The summed E-state index contributed by atoms with van der Waals surface area (Å²) in [5, 5.41) is 13.3. The van der Waals surface area contributed by atoms with Gasteiger partial charge in [-0.1, -0.05) is 55.0 Å². The Bertz CT molecular complexity index is 1010. The van der Waals surface area contributed by atoms with Crippen LogP contribution in [0, 0.1) is 5.92 Å². The molecular formula is C25H27F3N2O5. The maximum absolute atomic E-state index is 12.6. The van der Waals surface area contributed by atoms with E-state index in [1.54, 1.807) is 0 Å². The van der Waals surface area contributed by atoms with Crippen molar-refractivity contribution in [2.45, 2.75) is 37.8 Å². The highest BCUT2D eigenvalue weighted by atomic mass is 19.4. The number of benzene rings is 2. The molecule has 35 heavy (non-hydrogen) atoms. The molecule has 1 unspecified atom stereocenters. The van der Waals surface area contributed by atoms with E-state index in [0.717, 1.165) is 22.3 Å². The van der Waals surface area contributed by atoms with Gasteiger partial charge in [0.25, 0.3) is 0 Å². The fourth-order valence-corrected chi connectivity index (χ4v) is 4.07. The van der Waals surface area contributed by atoms with Crippen molar-refractivity contribution in [3.8, 4) is 11.1 Å². The minimum Gasteiger partial charge on any atom is -0.481 e. The zero-order valence-electron chi connectivity index (χ0n) is 18.9. The molecule has 0 aliphatic heterocycles. The topological polar surface area (TPSA) is 105 Å². The Morgan fingerprint density at radius 1 is 0.914 bits per heavy atom. The number of hydrogen-bond acceptors (Lipinski definition) is 4. The van der Waals surface area contributed by atoms with E-state index < -0.39 is 36.6 Å². The summed E-state index contributed by atoms with van der Waals surface area (Å²) >= 11 is 0. The largest absolute Gasteiger partial charge is 0.481 e. The third-order valence-corrected chi connectivity index (χ3v) is 5.89. The second-order valence-electron chi connectivity index (χ2n) is 8.30. The zero-order chi connectivity index (χ0) is 25.4. The second kappa shape index (κ2) is 11.7. The van der Waals surface area contributed by atoms with Crippen LogP contribution >= 0.6 is 0 Å². The van der Waals surface area contributed by atoms with Crippen LogP contribution in [-0.2, 0) is 14.3 Å². The lowest BCUT2D eigenvalue weighted by Crippen LogP contribution is -2.41. The minimum atomic E-state index is -4.93. The molecule has 0 saturated heterocycles. The standard InChI is InChI=1S/C25H27F3N2O5/c26-25(27,28)21(23(32)33)14-30-22(31)12-2-1-7-13-29-24(34)35-15-20-18-10-5-3-8-16(18)17-9-4-6-11-19(17)20/h3-6,8-11,20-21H,1-2,7,12-15H2,(H,29,34)(H,30,31)(H,32,33). The normalized spacial score (nSPS) is 13.5. The Balaban J connectivity index is 1.31. The molecule has 3 N–H and O–H groups in total. The number of fused-ring (bicyclic) bond motifs is 3. The minimum absolute atomic E-state index is 0.0326. The monoisotopic (exact) mass is 492 g/mol. The van der Waals surface area contributed by atoms with Crippen molar-refractivity contribution in [2.75, 3.05) is 19.7 Å². The number of alkyl carbamates (subject to hydrolysis) is 1. The number of aliphatic carboxylic acids is 1. The first-order valence-electron chi connectivity index (χ1n) is 11.3. The number of carbonyl (C=O) groups is 3. The molecule has 0 aromatic heterocycles. The van der Waals surface area contributed by atoms with Crippen LogP contribution in [0.15, 0.2) is 48.5 Å². The summed E-state index contributed by atoms with van der Waals surface area (Å²) in [6.07, 6.45) is -4.01. The van der Waals surface area contributed by atoms with Gasteiger partial charge < -0.3 is 20.5 Å². The van der Waals surface area contributed by atoms with Gasteiger partial charge in [0.15, 0.2) is 5.92 Å². The van der Waals surface area contributed by atoms with Crippen molar-refractivity contribution in [1.82, 2.24) is 10.6 Å². The molecule has 0 bridgehead atoms. The van der Waals surface area contributed by atoms with Crippen LogP contribution in [0.2, 0.25) is 0 Å². The average Bonchev–Trinajstić information content (AvgIpc) is 3.12. The van der Waals surface area contributed by atoms with Crippen LogP contribution in [0.4, 0.5) is 18.0 Å². The summed E-state index contributed by atoms with van der Waals surface area (Å²) in [4.78, 5) is 34.4. The third kappa shape index (κ3) is 6.97. The first-order valence-corrected chi connectivity index (χ1v) is 11.3. The van der Waals surface area contributed by atoms with Crippen LogP contribution in [-0.4, -0.2) is 48.9 Å². The van der Waals surface area contributed by atoms with Gasteiger partial charge in [-0.2, -0.15) is 13.2 Å². The van der Waals surface area contributed by atoms with E-state index in [0.29, 0.717) is 25.8 Å². The van der Waals surface area contributed by atoms with Crippen LogP contribution in [0.1, 0.15) is 42.7 Å². The smallest absolute Gasteiger partial charge is 0.407 e. The van der Waals surface area contributed by atoms with Crippen molar-refractivity contribution in [1.29, 1.82) is 0 Å². The second-order valence-corrected chi connectivity index (χ2v) is 8.30. The number of ether oxygens (including phenoxy) is 1. The van der Waals surface area contributed by atoms with E-state index in [4.69, 9.17) is 9.84 Å². The van der Waals surface area contributed by atoms with Crippen molar-refractivity contribution >= 4 is 18.0 Å². The fourth-order valence-electron chi connectivity index (χ4n) is 4.07. The van der Waals surface area contributed by atoms with E-state index in [-0.39, 0.29) is 18.9 Å². The number of unbranched alkanes of at least 4 members (excludes halogenated alkanes) is 2. The van der Waals surface area contributed by atoms with E-state index >= 15 is 0 Å². The van der Waals surface area contributed by atoms with E-state index in [1.165, 1.54) is 0 Å². The zero-order valence-corrected chi connectivity index (χ0v) is 18.9. The van der Waals surface area contributed by atoms with Gasteiger partial charge in [-0.25, -0.2) is 4.79 Å². The molecule has 1 aliphatic carbocycles.